The van der Waals surface area contributed by atoms with Crippen LogP contribution in [0.3, 0.4) is 0 Å². The van der Waals surface area contributed by atoms with Crippen LogP contribution in [0.25, 0.3) is 33.4 Å². The molecule has 0 bridgehead atoms. The molecule has 1 spiro atoms. The van der Waals surface area contributed by atoms with E-state index in [1.165, 1.54) is 89.4 Å². The van der Waals surface area contributed by atoms with E-state index in [4.69, 9.17) is 0 Å². The van der Waals surface area contributed by atoms with Crippen molar-refractivity contribution in [3.05, 3.63) is 227 Å². The lowest BCUT2D eigenvalue weighted by Gasteiger charge is -2.37. The van der Waals surface area contributed by atoms with Crippen LogP contribution in [0.1, 0.15) is 59.6 Å². The Morgan fingerprint density at radius 2 is 1.02 bits per heavy atom. The van der Waals surface area contributed by atoms with Crippen molar-refractivity contribution in [2.75, 3.05) is 4.90 Å². The van der Waals surface area contributed by atoms with Crippen molar-refractivity contribution in [2.45, 2.75) is 37.0 Å². The van der Waals surface area contributed by atoms with E-state index in [0.717, 1.165) is 6.42 Å². The molecule has 0 fully saturated rings. The molecule has 1 nitrogen and oxygen atoms in total. The zero-order valence-electron chi connectivity index (χ0n) is 30.1. The Hall–Kier alpha value is -6.18. The van der Waals surface area contributed by atoms with Crippen LogP contribution < -0.4 is 4.90 Å². The number of hydrogen-bond donors (Lipinski definition) is 0. The summed E-state index contributed by atoms with van der Waals surface area (Å²) in [7, 11) is 0. The molecule has 4 aliphatic carbocycles. The molecule has 252 valence electrons. The van der Waals surface area contributed by atoms with E-state index in [2.05, 4.69) is 201 Å². The maximum atomic E-state index is 2.58. The molecular weight excluding hydrogens is 639 g/mol. The van der Waals surface area contributed by atoms with Crippen LogP contribution in [0, 0.1) is 0 Å². The molecule has 53 heavy (non-hydrogen) atoms. The lowest BCUT2D eigenvalue weighted by molar-refractivity contribution is 0.609. The average Bonchev–Trinajstić information content (AvgIpc) is 3.78. The molecule has 0 aromatic heterocycles. The fourth-order valence-corrected chi connectivity index (χ4v) is 10.5. The smallest absolute Gasteiger partial charge is 0.0746 e. The maximum Gasteiger partial charge on any atom is 0.0746 e. The van der Waals surface area contributed by atoms with Gasteiger partial charge in [0.1, 0.15) is 0 Å². The minimum atomic E-state index is -0.453. The van der Waals surface area contributed by atoms with E-state index in [0.29, 0.717) is 5.92 Å². The van der Waals surface area contributed by atoms with Gasteiger partial charge in [0.15, 0.2) is 0 Å². The molecule has 4 aliphatic rings. The second kappa shape index (κ2) is 11.2. The molecule has 0 N–H and O–H groups in total. The molecule has 7 aromatic carbocycles. The summed E-state index contributed by atoms with van der Waals surface area (Å²) in [5, 5.41) is 0. The Morgan fingerprint density at radius 3 is 1.68 bits per heavy atom. The van der Waals surface area contributed by atoms with Gasteiger partial charge in [0.05, 0.1) is 11.1 Å². The van der Waals surface area contributed by atoms with Gasteiger partial charge in [0, 0.05) is 28.3 Å². The topological polar surface area (TPSA) is 3.24 Å². The highest BCUT2D eigenvalue weighted by Crippen LogP contribution is 2.65. The van der Waals surface area contributed by atoms with Gasteiger partial charge in [0.2, 0.25) is 0 Å². The molecule has 1 atom stereocenters. The summed E-state index contributed by atoms with van der Waals surface area (Å²) >= 11 is 0. The monoisotopic (exact) mass is 677 g/mol. The number of rotatable bonds is 4. The van der Waals surface area contributed by atoms with Crippen LogP contribution in [0.5, 0.6) is 0 Å². The fraction of sp³-hybridized carbons (Fsp3) is 0.115. The summed E-state index contributed by atoms with van der Waals surface area (Å²) in [6.07, 6.45) is 6.01. The summed E-state index contributed by atoms with van der Waals surface area (Å²) < 4.78 is 0. The normalized spacial score (nSPS) is 17.5. The minimum Gasteiger partial charge on any atom is -0.310 e. The van der Waals surface area contributed by atoms with E-state index in [-0.39, 0.29) is 5.41 Å². The Bertz CT molecular complexity index is 2610. The van der Waals surface area contributed by atoms with Crippen molar-refractivity contribution < 1.29 is 0 Å². The van der Waals surface area contributed by atoms with E-state index in [1.54, 1.807) is 0 Å². The summed E-state index contributed by atoms with van der Waals surface area (Å²) in [6, 6.07) is 63.4. The van der Waals surface area contributed by atoms with Crippen LogP contribution in [0.4, 0.5) is 11.4 Å². The lowest BCUT2D eigenvalue weighted by Crippen LogP contribution is -2.29. The third-order valence-electron chi connectivity index (χ3n) is 12.7. The molecule has 0 radical (unpaired) electrons. The SMILES string of the molecule is CC1(C)C2=CC(N(c3ccc(-c4ccccc4)cc3)c3cccc4c3C3(c5ccccc5-c5ccccc53)c3ccccc3-4)=CCC2c2ccccc21. The Kier molecular flexibility index (Phi) is 6.41. The van der Waals surface area contributed by atoms with Gasteiger partial charge in [-0.05, 0) is 91.9 Å². The van der Waals surface area contributed by atoms with E-state index < -0.39 is 5.41 Å². The van der Waals surface area contributed by atoms with Crippen molar-refractivity contribution in [3.8, 4) is 33.4 Å². The third-order valence-corrected chi connectivity index (χ3v) is 12.7. The molecule has 0 saturated heterocycles. The molecule has 0 saturated carbocycles. The second-order valence-electron chi connectivity index (χ2n) is 15.6. The predicted octanol–water partition coefficient (Wildman–Crippen LogP) is 13.1. The van der Waals surface area contributed by atoms with Gasteiger partial charge in [-0.1, -0.05) is 177 Å². The van der Waals surface area contributed by atoms with Crippen molar-refractivity contribution in [1.29, 1.82) is 0 Å². The molecule has 1 heteroatoms. The molecule has 0 heterocycles. The van der Waals surface area contributed by atoms with E-state index in [1.807, 2.05) is 0 Å². The minimum absolute atomic E-state index is 0.0525. The summed E-state index contributed by atoms with van der Waals surface area (Å²) in [5.41, 5.74) is 20.8. The largest absolute Gasteiger partial charge is 0.310 e. The van der Waals surface area contributed by atoms with Crippen LogP contribution in [-0.2, 0) is 10.8 Å². The highest BCUT2D eigenvalue weighted by Gasteiger charge is 2.53. The van der Waals surface area contributed by atoms with E-state index >= 15 is 0 Å². The molecule has 11 rings (SSSR count). The Labute approximate surface area is 312 Å². The fourth-order valence-electron chi connectivity index (χ4n) is 10.5. The van der Waals surface area contributed by atoms with Crippen LogP contribution in [-0.4, -0.2) is 0 Å². The van der Waals surface area contributed by atoms with Gasteiger partial charge in [-0.2, -0.15) is 0 Å². The maximum absolute atomic E-state index is 2.58. The lowest BCUT2D eigenvalue weighted by atomic mass is 9.70. The number of anilines is 2. The van der Waals surface area contributed by atoms with Crippen molar-refractivity contribution in [3.63, 3.8) is 0 Å². The van der Waals surface area contributed by atoms with Crippen molar-refractivity contribution in [2.24, 2.45) is 0 Å². The summed E-state index contributed by atoms with van der Waals surface area (Å²) in [5.74, 6) is 0.401. The molecule has 0 amide bonds. The van der Waals surface area contributed by atoms with E-state index in [9.17, 15) is 0 Å². The van der Waals surface area contributed by atoms with Crippen molar-refractivity contribution in [1.82, 2.24) is 0 Å². The predicted molar refractivity (Wildman–Crippen MR) is 220 cm³/mol. The number of fused-ring (bicyclic) bond motifs is 13. The Balaban J connectivity index is 1.19. The van der Waals surface area contributed by atoms with Crippen LogP contribution >= 0.6 is 0 Å². The molecule has 0 aliphatic heterocycles. The third kappa shape index (κ3) is 4.08. The van der Waals surface area contributed by atoms with Gasteiger partial charge in [-0.3, -0.25) is 0 Å². The number of benzene rings is 7. The zero-order chi connectivity index (χ0) is 35.3. The van der Waals surface area contributed by atoms with Gasteiger partial charge >= 0.3 is 0 Å². The first-order chi connectivity index (χ1) is 26.1. The second-order valence-corrected chi connectivity index (χ2v) is 15.6. The van der Waals surface area contributed by atoms with Gasteiger partial charge in [-0.25, -0.2) is 0 Å². The van der Waals surface area contributed by atoms with Gasteiger partial charge in [-0.15, -0.1) is 0 Å². The number of nitrogens with zero attached hydrogens (tertiary/aromatic N) is 1. The number of hydrogen-bond acceptors (Lipinski definition) is 1. The van der Waals surface area contributed by atoms with Gasteiger partial charge < -0.3 is 4.90 Å². The molecular formula is C52H39N. The first-order valence-electron chi connectivity index (χ1n) is 19.0. The first-order valence-corrected chi connectivity index (χ1v) is 19.0. The average molecular weight is 678 g/mol. The number of allylic oxidation sites excluding steroid dienone is 3. The summed E-state index contributed by atoms with van der Waals surface area (Å²) in [6.45, 7) is 4.83. The highest BCUT2D eigenvalue weighted by molar-refractivity contribution is 5.99. The molecule has 7 aromatic rings. The van der Waals surface area contributed by atoms with Crippen LogP contribution in [0.15, 0.2) is 193 Å². The molecule has 1 unspecified atom stereocenters. The van der Waals surface area contributed by atoms with Gasteiger partial charge in [0.25, 0.3) is 0 Å². The Morgan fingerprint density at radius 1 is 0.491 bits per heavy atom. The first kappa shape index (κ1) is 30.4. The summed E-state index contributed by atoms with van der Waals surface area (Å²) in [4.78, 5) is 2.58. The van der Waals surface area contributed by atoms with Crippen molar-refractivity contribution >= 4 is 11.4 Å². The highest BCUT2D eigenvalue weighted by atomic mass is 15.2. The zero-order valence-corrected chi connectivity index (χ0v) is 30.1. The quantitative estimate of drug-likeness (QED) is 0.179. The van der Waals surface area contributed by atoms with Crippen LogP contribution in [0.2, 0.25) is 0 Å². The standard InChI is InChI=1S/C52H39N/c1-51(2)44-22-10-6-17-38(44)42-32-31-37(33-48(42)51)53(36-29-27-35(28-30-36)34-15-4-3-5-16-34)49-26-14-21-43-41-20-9-13-25-47(41)52(50(43)49)45-23-11-7-18-39(45)40-19-8-12-24-46(40)52/h3-31,33,42H,32H2,1-2H3.